The molecule has 10 nitrogen and oxygen atoms in total. The summed E-state index contributed by atoms with van der Waals surface area (Å²) in [6, 6.07) is 13.4. The summed E-state index contributed by atoms with van der Waals surface area (Å²) in [7, 11) is 4.71. The molecule has 0 unspecified atom stereocenters. The number of aromatic nitrogens is 4. The van der Waals surface area contributed by atoms with Crippen molar-refractivity contribution in [3.05, 3.63) is 48.7 Å². The van der Waals surface area contributed by atoms with E-state index < -0.39 is 0 Å². The van der Waals surface area contributed by atoms with Crippen molar-refractivity contribution in [2.45, 2.75) is 13.8 Å². The monoisotopic (exact) mass is 475 g/mol. The Morgan fingerprint density at radius 1 is 0.771 bits per heavy atom. The predicted molar refractivity (Wildman–Crippen MR) is 138 cm³/mol. The number of nitrogens with one attached hydrogen (secondary N) is 2. The van der Waals surface area contributed by atoms with E-state index in [1.54, 1.807) is 39.7 Å². The highest BCUT2D eigenvalue weighted by Gasteiger charge is 2.16. The topological polar surface area (TPSA) is 107 Å². The Hall–Kier alpha value is -4.34. The van der Waals surface area contributed by atoms with E-state index in [2.05, 4.69) is 49.3 Å². The van der Waals surface area contributed by atoms with Gasteiger partial charge in [0.2, 0.25) is 23.6 Å². The number of nitrogens with zero attached hydrogens (tertiary/aromatic N) is 5. The summed E-state index contributed by atoms with van der Waals surface area (Å²) in [5.74, 6) is 2.91. The van der Waals surface area contributed by atoms with Crippen molar-refractivity contribution < 1.29 is 14.2 Å². The molecule has 0 spiro atoms. The molecule has 0 amide bonds. The summed E-state index contributed by atoms with van der Waals surface area (Å²) in [5, 5.41) is 7.57. The molecule has 0 atom stereocenters. The van der Waals surface area contributed by atoms with Gasteiger partial charge in [-0.15, -0.1) is 0 Å². The van der Waals surface area contributed by atoms with E-state index in [1.807, 2.05) is 30.3 Å². The van der Waals surface area contributed by atoms with Gasteiger partial charge in [-0.25, -0.2) is 0 Å². The lowest BCUT2D eigenvalue weighted by Gasteiger charge is -2.20. The summed E-state index contributed by atoms with van der Waals surface area (Å²) < 4.78 is 16.4. The van der Waals surface area contributed by atoms with Gasteiger partial charge in [-0.1, -0.05) is 6.07 Å². The molecule has 0 bridgehead atoms. The molecular formula is C25H29N7O3. The molecule has 0 saturated carbocycles. The molecule has 0 aliphatic carbocycles. The lowest BCUT2D eigenvalue weighted by Crippen LogP contribution is -2.25. The zero-order valence-electron chi connectivity index (χ0n) is 20.5. The molecule has 2 N–H and O–H groups in total. The van der Waals surface area contributed by atoms with Crippen molar-refractivity contribution in [1.82, 2.24) is 19.9 Å². The van der Waals surface area contributed by atoms with Crippen molar-refractivity contribution in [1.29, 1.82) is 0 Å². The quantitative estimate of drug-likeness (QED) is 0.333. The van der Waals surface area contributed by atoms with Crippen molar-refractivity contribution in [3.63, 3.8) is 0 Å². The van der Waals surface area contributed by atoms with E-state index >= 15 is 0 Å². The molecule has 35 heavy (non-hydrogen) atoms. The third kappa shape index (κ3) is 5.26. The first-order chi connectivity index (χ1) is 17.1. The number of benzene rings is 2. The van der Waals surface area contributed by atoms with E-state index in [0.717, 1.165) is 29.7 Å². The van der Waals surface area contributed by atoms with Crippen LogP contribution in [0.4, 0.5) is 29.2 Å². The van der Waals surface area contributed by atoms with E-state index in [9.17, 15) is 0 Å². The SMILES string of the molecule is CCN(CC)c1nc(Nc2cc(OC)c(OC)c(OC)c2)nc(Nc2ccc3ncccc3c2)n1. The highest BCUT2D eigenvalue weighted by Crippen LogP contribution is 2.40. The molecule has 0 radical (unpaired) electrons. The Labute approximate surface area is 204 Å². The number of ether oxygens (including phenoxy) is 3. The number of anilines is 5. The van der Waals surface area contributed by atoms with Crippen LogP contribution in [-0.2, 0) is 0 Å². The van der Waals surface area contributed by atoms with Gasteiger partial charge < -0.3 is 29.7 Å². The number of rotatable bonds is 10. The van der Waals surface area contributed by atoms with Crippen LogP contribution in [0.3, 0.4) is 0 Å². The molecule has 2 aromatic heterocycles. The third-order valence-electron chi connectivity index (χ3n) is 5.45. The minimum Gasteiger partial charge on any atom is -0.493 e. The molecule has 2 heterocycles. The Bertz CT molecular complexity index is 1290. The van der Waals surface area contributed by atoms with Gasteiger partial charge in [0.1, 0.15) is 0 Å². The van der Waals surface area contributed by atoms with Gasteiger partial charge in [-0.05, 0) is 38.1 Å². The standard InChI is InChI=1S/C25H29N7O3/c1-6-32(7-2)25-30-23(27-17-10-11-19-16(13-17)9-8-12-26-19)29-24(31-25)28-18-14-20(33-3)22(35-5)21(15-18)34-4/h8-15H,6-7H2,1-5H3,(H2,27,28,29,30,31). The smallest absolute Gasteiger partial charge is 0.233 e. The van der Waals surface area contributed by atoms with Gasteiger partial charge in [0.25, 0.3) is 0 Å². The minimum absolute atomic E-state index is 0.376. The fourth-order valence-electron chi connectivity index (χ4n) is 3.69. The van der Waals surface area contributed by atoms with Crippen LogP contribution in [0, 0.1) is 0 Å². The summed E-state index contributed by atoms with van der Waals surface area (Å²) in [6.07, 6.45) is 1.78. The van der Waals surface area contributed by atoms with Gasteiger partial charge in [0.05, 0.1) is 26.8 Å². The summed E-state index contributed by atoms with van der Waals surface area (Å²) >= 11 is 0. The largest absolute Gasteiger partial charge is 0.493 e. The third-order valence-corrected chi connectivity index (χ3v) is 5.45. The number of hydrogen-bond donors (Lipinski definition) is 2. The van der Waals surface area contributed by atoms with Crippen LogP contribution in [0.25, 0.3) is 10.9 Å². The van der Waals surface area contributed by atoms with Gasteiger partial charge in [-0.3, -0.25) is 4.98 Å². The summed E-state index contributed by atoms with van der Waals surface area (Å²) in [4.78, 5) is 20.3. The van der Waals surface area contributed by atoms with Crippen LogP contribution >= 0.6 is 0 Å². The second-order valence-corrected chi connectivity index (χ2v) is 7.53. The van der Waals surface area contributed by atoms with E-state index in [0.29, 0.717) is 40.8 Å². The van der Waals surface area contributed by atoms with E-state index in [4.69, 9.17) is 14.2 Å². The Balaban J connectivity index is 1.71. The molecule has 0 aliphatic rings. The van der Waals surface area contributed by atoms with E-state index in [1.165, 1.54) is 0 Å². The first-order valence-corrected chi connectivity index (χ1v) is 11.3. The Morgan fingerprint density at radius 3 is 2.03 bits per heavy atom. The average molecular weight is 476 g/mol. The highest BCUT2D eigenvalue weighted by molar-refractivity contribution is 5.83. The second kappa shape index (κ2) is 10.7. The van der Waals surface area contributed by atoms with Gasteiger partial charge in [0.15, 0.2) is 11.5 Å². The highest BCUT2D eigenvalue weighted by atomic mass is 16.5. The Kier molecular flexibility index (Phi) is 7.30. The maximum atomic E-state index is 5.47. The number of fused-ring (bicyclic) bond motifs is 1. The van der Waals surface area contributed by atoms with E-state index in [-0.39, 0.29) is 0 Å². The van der Waals surface area contributed by atoms with Crippen LogP contribution in [-0.4, -0.2) is 54.4 Å². The average Bonchev–Trinajstić information content (AvgIpc) is 2.88. The minimum atomic E-state index is 0.376. The maximum absolute atomic E-state index is 5.47. The van der Waals surface area contributed by atoms with Crippen LogP contribution in [0.15, 0.2) is 48.7 Å². The van der Waals surface area contributed by atoms with Crippen LogP contribution < -0.4 is 29.7 Å². The number of hydrogen-bond acceptors (Lipinski definition) is 10. The zero-order valence-corrected chi connectivity index (χ0v) is 20.5. The molecule has 0 fully saturated rings. The molecule has 4 aromatic rings. The summed E-state index contributed by atoms with van der Waals surface area (Å²) in [5.41, 5.74) is 2.45. The second-order valence-electron chi connectivity index (χ2n) is 7.53. The number of methoxy groups -OCH3 is 3. The van der Waals surface area contributed by atoms with Crippen molar-refractivity contribution >= 4 is 40.1 Å². The van der Waals surface area contributed by atoms with Crippen molar-refractivity contribution in [3.8, 4) is 17.2 Å². The maximum Gasteiger partial charge on any atom is 0.233 e. The lowest BCUT2D eigenvalue weighted by molar-refractivity contribution is 0.324. The van der Waals surface area contributed by atoms with Gasteiger partial charge in [-0.2, -0.15) is 15.0 Å². The lowest BCUT2D eigenvalue weighted by atomic mass is 10.2. The van der Waals surface area contributed by atoms with Gasteiger partial charge >= 0.3 is 0 Å². The first-order valence-electron chi connectivity index (χ1n) is 11.3. The van der Waals surface area contributed by atoms with Crippen LogP contribution in [0.2, 0.25) is 0 Å². The van der Waals surface area contributed by atoms with Crippen LogP contribution in [0.5, 0.6) is 17.2 Å². The molecular weight excluding hydrogens is 446 g/mol. The molecule has 0 saturated heterocycles. The van der Waals surface area contributed by atoms with Crippen molar-refractivity contribution in [2.24, 2.45) is 0 Å². The van der Waals surface area contributed by atoms with Crippen molar-refractivity contribution in [2.75, 3.05) is 50.0 Å². The molecule has 182 valence electrons. The Morgan fingerprint density at radius 2 is 1.43 bits per heavy atom. The fraction of sp³-hybridized carbons (Fsp3) is 0.280. The zero-order chi connectivity index (χ0) is 24.8. The first kappa shape index (κ1) is 23.8. The normalized spacial score (nSPS) is 10.7. The fourth-order valence-corrected chi connectivity index (χ4v) is 3.69. The summed E-state index contributed by atoms with van der Waals surface area (Å²) in [6.45, 7) is 5.63. The number of pyridine rings is 1. The van der Waals surface area contributed by atoms with Crippen LogP contribution in [0.1, 0.15) is 13.8 Å². The predicted octanol–water partition coefficient (Wildman–Crippen LogP) is 4.78. The molecule has 0 aliphatic heterocycles. The molecule has 2 aromatic carbocycles. The molecule has 10 heteroatoms. The molecule has 4 rings (SSSR count). The van der Waals surface area contributed by atoms with Gasteiger partial charge in [0, 0.05) is 48.2 Å².